The molecule has 2 rings (SSSR count). The Labute approximate surface area is 147 Å². The maximum atomic E-state index is 5.93. The van der Waals surface area contributed by atoms with Gasteiger partial charge >= 0.3 is 0 Å². The van der Waals surface area contributed by atoms with Crippen LogP contribution in [0.5, 0.6) is 0 Å². The van der Waals surface area contributed by atoms with E-state index in [2.05, 4.69) is 10.3 Å². The van der Waals surface area contributed by atoms with Crippen LogP contribution >= 0.6 is 35.6 Å². The number of rotatable bonds is 4. The number of hydrogen-bond donors (Lipinski definition) is 2. The van der Waals surface area contributed by atoms with Crippen molar-refractivity contribution < 1.29 is 0 Å². The number of aryl methyl sites for hydroxylation is 1. The third kappa shape index (κ3) is 6.35. The predicted molar refractivity (Wildman–Crippen MR) is 102 cm³/mol. The van der Waals surface area contributed by atoms with Gasteiger partial charge in [-0.1, -0.05) is 41.4 Å². The molecule has 3 N–H and O–H groups in total. The van der Waals surface area contributed by atoms with Crippen LogP contribution in [0.1, 0.15) is 11.1 Å². The molecule has 2 aromatic carbocycles. The Kier molecular flexibility index (Phi) is 7.53. The molecule has 3 nitrogen and oxygen atoms in total. The van der Waals surface area contributed by atoms with Crippen molar-refractivity contribution >= 4 is 47.2 Å². The van der Waals surface area contributed by atoms with Crippen molar-refractivity contribution in [3.63, 3.8) is 0 Å². The van der Waals surface area contributed by atoms with Gasteiger partial charge in [-0.25, -0.2) is 0 Å². The fraction of sp³-hybridized carbons (Fsp3) is 0.188. The Morgan fingerprint density at radius 1 is 1.19 bits per heavy atom. The summed E-state index contributed by atoms with van der Waals surface area (Å²) in [5.41, 5.74) is 9.17. The number of nitrogens with zero attached hydrogens (tertiary/aromatic N) is 1. The topological polar surface area (TPSA) is 50.4 Å². The van der Waals surface area contributed by atoms with E-state index in [-0.39, 0.29) is 24.0 Å². The van der Waals surface area contributed by atoms with E-state index in [1.807, 2.05) is 55.5 Å². The molecule has 21 heavy (non-hydrogen) atoms. The second kappa shape index (κ2) is 8.89. The number of nitrogens with two attached hydrogens (primary N) is 1. The van der Waals surface area contributed by atoms with Crippen molar-refractivity contribution in [1.29, 1.82) is 0 Å². The van der Waals surface area contributed by atoms with E-state index in [1.54, 1.807) is 0 Å². The van der Waals surface area contributed by atoms with E-state index in [0.717, 1.165) is 22.7 Å². The van der Waals surface area contributed by atoms with Crippen LogP contribution in [0.25, 0.3) is 0 Å². The predicted octanol–water partition coefficient (Wildman–Crippen LogP) is 4.24. The molecule has 2 aromatic rings. The van der Waals surface area contributed by atoms with E-state index >= 15 is 0 Å². The molecule has 5 heteroatoms. The van der Waals surface area contributed by atoms with Crippen molar-refractivity contribution in [3.8, 4) is 0 Å². The number of hydrogen-bond acceptors (Lipinski definition) is 1. The molecule has 0 radical (unpaired) electrons. The molecule has 0 spiro atoms. The largest absolute Gasteiger partial charge is 0.370 e. The average molecular weight is 416 g/mol. The van der Waals surface area contributed by atoms with Gasteiger partial charge in [0, 0.05) is 17.3 Å². The first-order chi connectivity index (χ1) is 9.63. The first-order valence-corrected chi connectivity index (χ1v) is 6.89. The lowest BCUT2D eigenvalue weighted by Crippen LogP contribution is -2.23. The zero-order chi connectivity index (χ0) is 14.4. The summed E-state index contributed by atoms with van der Waals surface area (Å²) < 4.78 is 0. The highest BCUT2D eigenvalue weighted by Crippen LogP contribution is 2.11. The third-order valence-corrected chi connectivity index (χ3v) is 3.13. The highest BCUT2D eigenvalue weighted by molar-refractivity contribution is 14.0. The lowest BCUT2D eigenvalue weighted by atomic mass is 10.1. The quantitative estimate of drug-likeness (QED) is 0.446. The maximum absolute atomic E-state index is 5.93. The Morgan fingerprint density at radius 2 is 1.90 bits per heavy atom. The SMILES string of the molecule is Cc1ccc(NC(N)=NCCc2cccc(Cl)c2)cc1.I. The number of benzene rings is 2. The summed E-state index contributed by atoms with van der Waals surface area (Å²) in [7, 11) is 0. The van der Waals surface area contributed by atoms with Crippen molar-refractivity contribution in [3.05, 3.63) is 64.7 Å². The van der Waals surface area contributed by atoms with Crippen molar-refractivity contribution in [2.75, 3.05) is 11.9 Å². The zero-order valence-electron chi connectivity index (χ0n) is 11.8. The Balaban J connectivity index is 0.00000220. The second-order valence-electron chi connectivity index (χ2n) is 4.64. The van der Waals surface area contributed by atoms with Crippen molar-refractivity contribution in [2.45, 2.75) is 13.3 Å². The normalized spacial score (nSPS) is 10.9. The maximum Gasteiger partial charge on any atom is 0.193 e. The van der Waals surface area contributed by atoms with Crippen molar-refractivity contribution in [2.24, 2.45) is 10.7 Å². The molecule has 0 heterocycles. The summed E-state index contributed by atoms with van der Waals surface area (Å²) in [6, 6.07) is 15.8. The molecule has 112 valence electrons. The Bertz CT molecular complexity index is 597. The summed E-state index contributed by atoms with van der Waals surface area (Å²) in [5.74, 6) is 0.427. The van der Waals surface area contributed by atoms with E-state index in [9.17, 15) is 0 Å². The van der Waals surface area contributed by atoms with Crippen LogP contribution < -0.4 is 11.1 Å². The molecule has 0 atom stereocenters. The number of guanidine groups is 1. The van der Waals surface area contributed by atoms with Crippen LogP contribution in [0, 0.1) is 6.92 Å². The average Bonchev–Trinajstić information content (AvgIpc) is 2.41. The molecule has 0 aliphatic carbocycles. The van der Waals surface area contributed by atoms with Gasteiger partial charge in [0.2, 0.25) is 0 Å². The van der Waals surface area contributed by atoms with Gasteiger partial charge in [0.15, 0.2) is 5.96 Å². The third-order valence-electron chi connectivity index (χ3n) is 2.90. The van der Waals surface area contributed by atoms with Gasteiger partial charge in [-0.3, -0.25) is 4.99 Å². The molecule has 0 bridgehead atoms. The monoisotopic (exact) mass is 415 g/mol. The zero-order valence-corrected chi connectivity index (χ0v) is 14.9. The van der Waals surface area contributed by atoms with Gasteiger partial charge in [0.1, 0.15) is 0 Å². The Morgan fingerprint density at radius 3 is 2.57 bits per heavy atom. The lowest BCUT2D eigenvalue weighted by Gasteiger charge is -2.06. The van der Waals surface area contributed by atoms with Gasteiger partial charge in [0.25, 0.3) is 0 Å². The summed E-state index contributed by atoms with van der Waals surface area (Å²) in [6.45, 7) is 2.68. The van der Waals surface area contributed by atoms with E-state index in [1.165, 1.54) is 5.56 Å². The summed E-state index contributed by atoms with van der Waals surface area (Å²) in [5, 5.41) is 3.82. The van der Waals surface area contributed by atoms with Gasteiger partial charge < -0.3 is 11.1 Å². The summed E-state index contributed by atoms with van der Waals surface area (Å²) in [6.07, 6.45) is 0.816. The Hall–Kier alpha value is -1.27. The first kappa shape index (κ1) is 17.8. The molecule has 0 saturated carbocycles. The first-order valence-electron chi connectivity index (χ1n) is 6.51. The van der Waals surface area contributed by atoms with Gasteiger partial charge in [-0.2, -0.15) is 0 Å². The smallest absolute Gasteiger partial charge is 0.193 e. The minimum Gasteiger partial charge on any atom is -0.370 e. The van der Waals surface area contributed by atoms with E-state index in [0.29, 0.717) is 12.5 Å². The van der Waals surface area contributed by atoms with Crippen LogP contribution in [-0.2, 0) is 6.42 Å². The number of anilines is 1. The molecule has 0 saturated heterocycles. The lowest BCUT2D eigenvalue weighted by molar-refractivity contribution is 0.965. The highest BCUT2D eigenvalue weighted by Gasteiger charge is 1.96. The molecule has 0 aliphatic rings. The molecular formula is C16H19ClIN3. The fourth-order valence-corrected chi connectivity index (χ4v) is 2.04. The van der Waals surface area contributed by atoms with Crippen LogP contribution in [0.4, 0.5) is 5.69 Å². The van der Waals surface area contributed by atoms with Crippen LogP contribution in [0.2, 0.25) is 5.02 Å². The van der Waals surface area contributed by atoms with Crippen LogP contribution in [0.15, 0.2) is 53.5 Å². The van der Waals surface area contributed by atoms with Gasteiger partial charge in [-0.05, 0) is 43.2 Å². The van der Waals surface area contributed by atoms with Gasteiger partial charge in [-0.15, -0.1) is 24.0 Å². The molecule has 0 amide bonds. The number of nitrogens with one attached hydrogen (secondary N) is 1. The highest BCUT2D eigenvalue weighted by atomic mass is 127. The minimum absolute atomic E-state index is 0. The van der Waals surface area contributed by atoms with E-state index < -0.39 is 0 Å². The number of halogens is 2. The molecule has 0 fully saturated rings. The standard InChI is InChI=1S/C16H18ClN3.HI/c1-12-5-7-15(8-6-12)20-16(18)19-10-9-13-3-2-4-14(17)11-13;/h2-8,11H,9-10H2,1H3,(H3,18,19,20);1H. The second-order valence-corrected chi connectivity index (χ2v) is 5.07. The minimum atomic E-state index is 0. The van der Waals surface area contributed by atoms with E-state index in [4.69, 9.17) is 17.3 Å². The van der Waals surface area contributed by atoms with Crippen molar-refractivity contribution in [1.82, 2.24) is 0 Å². The molecular weight excluding hydrogens is 397 g/mol. The fourth-order valence-electron chi connectivity index (χ4n) is 1.82. The molecule has 0 unspecified atom stereocenters. The summed E-state index contributed by atoms with van der Waals surface area (Å²) >= 11 is 5.93. The van der Waals surface area contributed by atoms with Gasteiger partial charge in [0.05, 0.1) is 0 Å². The van der Waals surface area contributed by atoms with Crippen LogP contribution in [-0.4, -0.2) is 12.5 Å². The number of aliphatic imine (C=N–C) groups is 1. The molecule has 0 aliphatic heterocycles. The van der Waals surface area contributed by atoms with Crippen LogP contribution in [0.3, 0.4) is 0 Å². The summed E-state index contributed by atoms with van der Waals surface area (Å²) in [4.78, 5) is 4.31. The molecule has 0 aromatic heterocycles.